The molecule has 2 nitrogen and oxygen atoms in total. The van der Waals surface area contributed by atoms with E-state index in [9.17, 15) is 13.2 Å². The van der Waals surface area contributed by atoms with E-state index in [1.165, 1.54) is 19.8 Å². The molecule has 1 N–H and O–H groups in total. The second-order valence-electron chi connectivity index (χ2n) is 5.00. The Morgan fingerprint density at radius 2 is 2.06 bits per heavy atom. The molecular weight excluding hydrogens is 249 g/mol. The predicted molar refractivity (Wildman–Crippen MR) is 64.4 cm³/mol. The van der Waals surface area contributed by atoms with E-state index >= 15 is 0 Å². The van der Waals surface area contributed by atoms with Crippen LogP contribution in [0.15, 0.2) is 4.99 Å². The highest BCUT2D eigenvalue weighted by Crippen LogP contribution is 2.37. The Balaban J connectivity index is 1.91. The summed E-state index contributed by atoms with van der Waals surface area (Å²) in [7, 11) is 0. The number of rotatable bonds is 2. The average molecular weight is 266 g/mol. The molecule has 0 aromatic heterocycles. The highest BCUT2D eigenvalue weighted by atomic mass is 32.2. The summed E-state index contributed by atoms with van der Waals surface area (Å²) in [6.45, 7) is 1.52. The summed E-state index contributed by atoms with van der Waals surface area (Å²) >= 11 is 1.56. The van der Waals surface area contributed by atoms with Gasteiger partial charge < -0.3 is 5.32 Å². The van der Waals surface area contributed by atoms with E-state index in [2.05, 4.69) is 10.3 Å². The Morgan fingerprint density at radius 1 is 1.41 bits per heavy atom. The molecule has 1 unspecified atom stereocenters. The van der Waals surface area contributed by atoms with Gasteiger partial charge in [-0.15, -0.1) is 0 Å². The Labute approximate surface area is 103 Å². The second-order valence-corrected chi connectivity index (χ2v) is 5.97. The van der Waals surface area contributed by atoms with Gasteiger partial charge in [-0.2, -0.15) is 13.2 Å². The first-order valence-corrected chi connectivity index (χ1v) is 6.93. The van der Waals surface area contributed by atoms with Crippen LogP contribution in [0, 0.1) is 0 Å². The number of nitrogens with one attached hydrogen (secondary N) is 1. The summed E-state index contributed by atoms with van der Waals surface area (Å²) in [5.74, 6) is 0.949. The first-order valence-electron chi connectivity index (χ1n) is 5.94. The van der Waals surface area contributed by atoms with Gasteiger partial charge in [-0.25, -0.2) is 0 Å². The van der Waals surface area contributed by atoms with Crippen molar-refractivity contribution >= 4 is 16.9 Å². The summed E-state index contributed by atoms with van der Waals surface area (Å²) in [5, 5.41) is 4.03. The van der Waals surface area contributed by atoms with Crippen LogP contribution in [-0.2, 0) is 0 Å². The average Bonchev–Trinajstić information content (AvgIpc) is 2.75. The lowest BCUT2D eigenvalue weighted by atomic mass is 10.0. The third kappa shape index (κ3) is 3.53. The van der Waals surface area contributed by atoms with Crippen molar-refractivity contribution in [3.8, 4) is 0 Å². The minimum absolute atomic E-state index is 0.126. The van der Waals surface area contributed by atoms with Crippen molar-refractivity contribution in [2.45, 2.75) is 56.8 Å². The molecule has 0 amide bonds. The Hall–Kier alpha value is -0.390. The first kappa shape index (κ1) is 13.1. The van der Waals surface area contributed by atoms with E-state index in [1.54, 1.807) is 11.8 Å². The molecule has 1 saturated carbocycles. The number of nitrogens with zero attached hydrogens (tertiary/aromatic N) is 1. The summed E-state index contributed by atoms with van der Waals surface area (Å²) in [4.78, 5) is 4.13. The molecule has 0 bridgehead atoms. The fraction of sp³-hybridized carbons (Fsp3) is 0.909. The highest BCUT2D eigenvalue weighted by molar-refractivity contribution is 8.14. The van der Waals surface area contributed by atoms with E-state index < -0.39 is 18.6 Å². The van der Waals surface area contributed by atoms with Gasteiger partial charge in [0.15, 0.2) is 5.17 Å². The Bertz CT molecular complexity index is 308. The van der Waals surface area contributed by atoms with Gasteiger partial charge in [0.25, 0.3) is 0 Å². The predicted octanol–water partition coefficient (Wildman–Crippen LogP) is 3.33. The van der Waals surface area contributed by atoms with Crippen LogP contribution in [0.1, 0.15) is 39.0 Å². The zero-order chi connectivity index (χ0) is 12.5. The van der Waals surface area contributed by atoms with Gasteiger partial charge in [-0.3, -0.25) is 4.99 Å². The van der Waals surface area contributed by atoms with E-state index in [4.69, 9.17) is 0 Å². The van der Waals surface area contributed by atoms with Crippen molar-refractivity contribution in [3.63, 3.8) is 0 Å². The normalized spacial score (nSPS) is 27.6. The van der Waals surface area contributed by atoms with Gasteiger partial charge in [0.2, 0.25) is 0 Å². The maximum Gasteiger partial charge on any atom is 0.391 e. The van der Waals surface area contributed by atoms with Crippen LogP contribution in [-0.4, -0.2) is 28.7 Å². The molecule has 1 aliphatic carbocycles. The van der Waals surface area contributed by atoms with Crippen molar-refractivity contribution in [2.24, 2.45) is 4.99 Å². The van der Waals surface area contributed by atoms with Crippen molar-refractivity contribution in [1.82, 2.24) is 5.32 Å². The van der Waals surface area contributed by atoms with E-state index in [0.717, 1.165) is 18.6 Å². The van der Waals surface area contributed by atoms with E-state index in [0.29, 0.717) is 5.17 Å². The van der Waals surface area contributed by atoms with Gasteiger partial charge in [0, 0.05) is 11.3 Å². The molecule has 0 aromatic rings. The molecule has 1 atom stereocenters. The third-order valence-electron chi connectivity index (χ3n) is 3.28. The lowest BCUT2D eigenvalue weighted by molar-refractivity contribution is -0.137. The third-order valence-corrected chi connectivity index (χ3v) is 4.46. The fourth-order valence-electron chi connectivity index (χ4n) is 2.48. The zero-order valence-electron chi connectivity index (χ0n) is 9.81. The minimum atomic E-state index is -4.13. The molecule has 1 aliphatic heterocycles. The van der Waals surface area contributed by atoms with E-state index in [-0.39, 0.29) is 5.54 Å². The molecule has 1 saturated heterocycles. The molecular formula is C11H17F3N2S. The number of amidine groups is 1. The monoisotopic (exact) mass is 266 g/mol. The summed E-state index contributed by atoms with van der Waals surface area (Å²) in [6.07, 6.45) is -0.319. The quantitative estimate of drug-likeness (QED) is 0.829. The lowest BCUT2D eigenvalue weighted by Gasteiger charge is -2.22. The molecule has 0 aromatic carbocycles. The standard InChI is InChI=1S/C11H17F3N2S/c1-8(6-11(12,13)14)15-9-16-10(7-17-9)4-2-3-5-10/h8H,2-7H2,1H3,(H,15,16). The molecule has 1 spiro atoms. The Kier molecular flexibility index (Phi) is 3.61. The molecule has 2 rings (SSSR count). The molecule has 6 heteroatoms. The number of hydrogen-bond donors (Lipinski definition) is 1. The molecule has 0 radical (unpaired) electrons. The van der Waals surface area contributed by atoms with Crippen LogP contribution in [0.25, 0.3) is 0 Å². The molecule has 98 valence electrons. The molecule has 1 heterocycles. The summed E-state index contributed by atoms with van der Waals surface area (Å²) in [6, 6.07) is -0.693. The number of aliphatic imine (C=N–C) groups is 1. The molecule has 2 fully saturated rings. The van der Waals surface area contributed by atoms with Crippen molar-refractivity contribution in [2.75, 3.05) is 5.75 Å². The Morgan fingerprint density at radius 3 is 2.65 bits per heavy atom. The smallest absolute Gasteiger partial charge is 0.359 e. The topological polar surface area (TPSA) is 24.4 Å². The SMILES string of the molecule is CC(CC(F)(F)F)N=C1NC2(CCCC2)CS1. The molecule has 17 heavy (non-hydrogen) atoms. The van der Waals surface area contributed by atoms with Gasteiger partial charge in [-0.05, 0) is 19.8 Å². The van der Waals surface area contributed by atoms with Gasteiger partial charge >= 0.3 is 6.18 Å². The van der Waals surface area contributed by atoms with Crippen molar-refractivity contribution in [3.05, 3.63) is 0 Å². The minimum Gasteiger partial charge on any atom is -0.359 e. The van der Waals surface area contributed by atoms with Gasteiger partial charge in [-0.1, -0.05) is 24.6 Å². The van der Waals surface area contributed by atoms with Crippen LogP contribution in [0.2, 0.25) is 0 Å². The summed E-state index contributed by atoms with van der Waals surface area (Å²) in [5.41, 5.74) is 0.126. The fourth-order valence-corrected chi connectivity index (χ4v) is 3.79. The highest BCUT2D eigenvalue weighted by Gasteiger charge is 2.40. The second kappa shape index (κ2) is 4.71. The molecule has 2 aliphatic rings. The van der Waals surface area contributed by atoms with Gasteiger partial charge in [0.05, 0.1) is 12.5 Å². The summed E-state index contributed by atoms with van der Waals surface area (Å²) < 4.78 is 36.5. The van der Waals surface area contributed by atoms with Crippen molar-refractivity contribution in [1.29, 1.82) is 0 Å². The number of thioether (sulfide) groups is 1. The van der Waals surface area contributed by atoms with Crippen LogP contribution < -0.4 is 5.32 Å². The van der Waals surface area contributed by atoms with Crippen molar-refractivity contribution < 1.29 is 13.2 Å². The maximum absolute atomic E-state index is 12.2. The number of alkyl halides is 3. The first-order chi connectivity index (χ1) is 7.89. The maximum atomic E-state index is 12.2. The van der Waals surface area contributed by atoms with E-state index in [1.807, 2.05) is 0 Å². The largest absolute Gasteiger partial charge is 0.391 e. The van der Waals surface area contributed by atoms with Crippen LogP contribution in [0.5, 0.6) is 0 Å². The lowest BCUT2D eigenvalue weighted by Crippen LogP contribution is -2.41. The van der Waals surface area contributed by atoms with Gasteiger partial charge in [0.1, 0.15) is 0 Å². The van der Waals surface area contributed by atoms with Crippen LogP contribution >= 0.6 is 11.8 Å². The number of hydrogen-bond acceptors (Lipinski definition) is 2. The van der Waals surface area contributed by atoms with Crippen LogP contribution in [0.3, 0.4) is 0 Å². The number of halogens is 3. The zero-order valence-corrected chi connectivity index (χ0v) is 10.6. The van der Waals surface area contributed by atoms with Crippen LogP contribution in [0.4, 0.5) is 13.2 Å².